The number of methoxy groups -OCH3 is 1. The van der Waals surface area contributed by atoms with Gasteiger partial charge in [-0.2, -0.15) is 0 Å². The second-order valence-electron chi connectivity index (χ2n) is 2.96. The van der Waals surface area contributed by atoms with E-state index < -0.39 is 22.8 Å². The zero-order valence-corrected chi connectivity index (χ0v) is 9.57. The summed E-state index contributed by atoms with van der Waals surface area (Å²) in [7, 11) is 1.09. The number of hydrogen-bond donors (Lipinski definition) is 1. The van der Waals surface area contributed by atoms with Gasteiger partial charge in [-0.15, -0.1) is 12.4 Å². The smallest absolute Gasteiger partial charge is 0.327 e. The van der Waals surface area contributed by atoms with E-state index in [1.54, 1.807) is 0 Å². The van der Waals surface area contributed by atoms with Crippen LogP contribution in [0.3, 0.4) is 0 Å². The molecule has 0 spiro atoms. The number of nitrogens with zero attached hydrogens (tertiary/aromatic N) is 1. The molecule has 0 amide bonds. The summed E-state index contributed by atoms with van der Waals surface area (Å²) in [6, 6.07) is 1.42. The highest BCUT2D eigenvalue weighted by molar-refractivity contribution is 5.85. The zero-order valence-electron chi connectivity index (χ0n) is 8.75. The summed E-state index contributed by atoms with van der Waals surface area (Å²) in [5.74, 6) is -1.65. The van der Waals surface area contributed by atoms with Crippen LogP contribution in [-0.4, -0.2) is 18.0 Å². The van der Waals surface area contributed by atoms with E-state index in [-0.39, 0.29) is 23.7 Å². The van der Waals surface area contributed by atoms with Gasteiger partial charge in [-0.05, 0) is 6.07 Å². The summed E-state index contributed by atoms with van der Waals surface area (Å²) in [6.45, 7) is 0. The van der Waals surface area contributed by atoms with Crippen LogP contribution in [0.2, 0.25) is 0 Å². The first-order chi connectivity index (χ1) is 7.47. The Morgan fingerprint density at radius 3 is 2.65 bits per heavy atom. The molecule has 1 atom stereocenters. The van der Waals surface area contributed by atoms with Gasteiger partial charge in [0.15, 0.2) is 0 Å². The van der Waals surface area contributed by atoms with Crippen molar-refractivity contribution in [3.05, 3.63) is 39.7 Å². The lowest BCUT2D eigenvalue weighted by atomic mass is 10.1. The average Bonchev–Trinajstić information content (AvgIpc) is 2.27. The third-order valence-corrected chi connectivity index (χ3v) is 1.98. The third kappa shape index (κ3) is 3.36. The first-order valence-corrected chi connectivity index (χ1v) is 4.24. The Balaban J connectivity index is 0.00000256. The maximum atomic E-state index is 13.3. The fourth-order valence-electron chi connectivity index (χ4n) is 1.14. The van der Waals surface area contributed by atoms with Crippen LogP contribution in [0.15, 0.2) is 18.2 Å². The number of carbonyl (C=O) groups excluding carboxylic acids is 1. The second kappa shape index (κ2) is 6.12. The number of esters is 1. The molecule has 0 fully saturated rings. The summed E-state index contributed by atoms with van der Waals surface area (Å²) in [5, 5.41) is 10.5. The molecule has 94 valence electrons. The highest BCUT2D eigenvalue weighted by atomic mass is 35.5. The van der Waals surface area contributed by atoms with Crippen molar-refractivity contribution in [1.82, 2.24) is 0 Å². The number of halogens is 2. The Morgan fingerprint density at radius 2 is 2.18 bits per heavy atom. The van der Waals surface area contributed by atoms with Crippen LogP contribution in [0.4, 0.5) is 10.1 Å². The molecule has 1 aromatic carbocycles. The van der Waals surface area contributed by atoms with Gasteiger partial charge >= 0.3 is 5.97 Å². The highest BCUT2D eigenvalue weighted by Gasteiger charge is 2.22. The standard InChI is InChI=1S/C9H9FN2O4.ClH/c1-16-9(13)8(11)6-4-5(12(14)15)2-3-7(6)10;/h2-4,8H,11H2,1H3;1H/t8-;/m0./s1. The van der Waals surface area contributed by atoms with Crippen molar-refractivity contribution < 1.29 is 18.8 Å². The first kappa shape index (κ1) is 15.3. The van der Waals surface area contributed by atoms with E-state index in [1.807, 2.05) is 0 Å². The highest BCUT2D eigenvalue weighted by Crippen LogP contribution is 2.21. The van der Waals surface area contributed by atoms with Crippen molar-refractivity contribution in [2.75, 3.05) is 7.11 Å². The normalized spacial score (nSPS) is 11.2. The molecule has 0 saturated heterocycles. The molecule has 0 saturated carbocycles. The van der Waals surface area contributed by atoms with Crippen molar-refractivity contribution in [3.63, 3.8) is 0 Å². The molecule has 0 heterocycles. The van der Waals surface area contributed by atoms with Crippen LogP contribution in [0.5, 0.6) is 0 Å². The Labute approximate surface area is 102 Å². The number of nitrogens with two attached hydrogens (primary N) is 1. The number of carbonyl (C=O) groups is 1. The average molecular weight is 265 g/mol. The van der Waals surface area contributed by atoms with E-state index in [2.05, 4.69) is 4.74 Å². The van der Waals surface area contributed by atoms with Gasteiger partial charge in [0.2, 0.25) is 0 Å². The fraction of sp³-hybridized carbons (Fsp3) is 0.222. The molecule has 17 heavy (non-hydrogen) atoms. The molecule has 0 radical (unpaired) electrons. The predicted molar refractivity (Wildman–Crippen MR) is 59.2 cm³/mol. The van der Waals surface area contributed by atoms with Gasteiger partial charge in [-0.1, -0.05) is 0 Å². The van der Waals surface area contributed by atoms with Crippen LogP contribution >= 0.6 is 12.4 Å². The molecule has 2 N–H and O–H groups in total. The maximum absolute atomic E-state index is 13.3. The van der Waals surface area contributed by atoms with E-state index in [0.717, 1.165) is 25.3 Å². The SMILES string of the molecule is COC(=O)[C@@H](N)c1cc([N+](=O)[O-])ccc1F.Cl. The van der Waals surface area contributed by atoms with E-state index in [4.69, 9.17) is 5.73 Å². The quantitative estimate of drug-likeness (QED) is 0.505. The van der Waals surface area contributed by atoms with Crippen LogP contribution in [0.1, 0.15) is 11.6 Å². The second-order valence-corrected chi connectivity index (χ2v) is 2.96. The monoisotopic (exact) mass is 264 g/mol. The van der Waals surface area contributed by atoms with E-state index in [9.17, 15) is 19.3 Å². The summed E-state index contributed by atoms with van der Waals surface area (Å²) in [5.41, 5.74) is 4.78. The van der Waals surface area contributed by atoms with Gasteiger partial charge in [0.05, 0.1) is 12.0 Å². The van der Waals surface area contributed by atoms with Crippen molar-refractivity contribution in [2.24, 2.45) is 5.73 Å². The summed E-state index contributed by atoms with van der Waals surface area (Å²) in [6.07, 6.45) is 0. The van der Waals surface area contributed by atoms with Crippen LogP contribution in [0.25, 0.3) is 0 Å². The predicted octanol–water partition coefficient (Wildman–Crippen LogP) is 1.33. The minimum atomic E-state index is -1.37. The lowest BCUT2D eigenvalue weighted by molar-refractivity contribution is -0.385. The summed E-state index contributed by atoms with van der Waals surface area (Å²) < 4.78 is 17.6. The molecule has 0 aliphatic carbocycles. The Hall–Kier alpha value is -1.73. The Bertz CT molecular complexity index is 441. The lowest BCUT2D eigenvalue weighted by Gasteiger charge is -2.09. The fourth-order valence-corrected chi connectivity index (χ4v) is 1.14. The largest absolute Gasteiger partial charge is 0.468 e. The van der Waals surface area contributed by atoms with Crippen molar-refractivity contribution in [3.8, 4) is 0 Å². The molecular formula is C9H10ClFN2O4. The first-order valence-electron chi connectivity index (χ1n) is 4.24. The zero-order chi connectivity index (χ0) is 12.3. The van der Waals surface area contributed by atoms with Crippen molar-refractivity contribution in [2.45, 2.75) is 6.04 Å². The molecule has 0 aromatic heterocycles. The number of nitro benzene ring substituents is 1. The molecule has 0 aliphatic heterocycles. The van der Waals surface area contributed by atoms with E-state index in [1.165, 1.54) is 0 Å². The summed E-state index contributed by atoms with van der Waals surface area (Å²) in [4.78, 5) is 20.8. The Morgan fingerprint density at radius 1 is 1.59 bits per heavy atom. The Kier molecular flexibility index (Phi) is 5.49. The van der Waals surface area contributed by atoms with E-state index in [0.29, 0.717) is 0 Å². The molecule has 6 nitrogen and oxygen atoms in total. The number of benzene rings is 1. The van der Waals surface area contributed by atoms with Gasteiger partial charge in [-0.3, -0.25) is 14.9 Å². The molecule has 1 aromatic rings. The lowest BCUT2D eigenvalue weighted by Crippen LogP contribution is -2.23. The minimum absolute atomic E-state index is 0. The maximum Gasteiger partial charge on any atom is 0.327 e. The van der Waals surface area contributed by atoms with Gasteiger partial charge in [-0.25, -0.2) is 4.39 Å². The van der Waals surface area contributed by atoms with Crippen LogP contribution in [-0.2, 0) is 9.53 Å². The van der Waals surface area contributed by atoms with Gasteiger partial charge < -0.3 is 10.5 Å². The molecule has 1 rings (SSSR count). The number of rotatable bonds is 3. The van der Waals surface area contributed by atoms with Crippen molar-refractivity contribution >= 4 is 24.1 Å². The number of ether oxygens (including phenoxy) is 1. The number of nitro groups is 1. The van der Waals surface area contributed by atoms with Crippen molar-refractivity contribution in [1.29, 1.82) is 0 Å². The molecule has 8 heteroatoms. The topological polar surface area (TPSA) is 95.5 Å². The third-order valence-electron chi connectivity index (χ3n) is 1.98. The van der Waals surface area contributed by atoms with Crippen LogP contribution < -0.4 is 5.73 Å². The molecule has 0 aliphatic rings. The van der Waals surface area contributed by atoms with Gasteiger partial charge in [0.25, 0.3) is 5.69 Å². The minimum Gasteiger partial charge on any atom is -0.468 e. The van der Waals surface area contributed by atoms with Gasteiger partial charge in [0.1, 0.15) is 11.9 Å². The number of non-ortho nitro benzene ring substituents is 1. The van der Waals surface area contributed by atoms with Gasteiger partial charge in [0, 0.05) is 17.7 Å². The molecule has 0 unspecified atom stereocenters. The van der Waals surface area contributed by atoms with E-state index >= 15 is 0 Å². The van der Waals surface area contributed by atoms with Crippen LogP contribution in [0, 0.1) is 15.9 Å². The number of hydrogen-bond acceptors (Lipinski definition) is 5. The summed E-state index contributed by atoms with van der Waals surface area (Å²) >= 11 is 0. The molecular weight excluding hydrogens is 255 g/mol. The molecule has 0 bridgehead atoms.